The first-order chi connectivity index (χ1) is 15.1. The summed E-state index contributed by atoms with van der Waals surface area (Å²) in [6.07, 6.45) is 9.09. The zero-order chi connectivity index (χ0) is 24.0. The molecule has 1 rings (SSSR count). The van der Waals surface area contributed by atoms with Crippen LogP contribution in [0.1, 0.15) is 77.6 Å². The normalized spacial score (nSPS) is 21.6. The predicted molar refractivity (Wildman–Crippen MR) is 112 cm³/mol. The van der Waals surface area contributed by atoms with Gasteiger partial charge in [-0.25, -0.2) is 8.42 Å². The summed E-state index contributed by atoms with van der Waals surface area (Å²) >= 11 is 0. The molecule has 0 amide bonds. The number of carbonyl (C=O) groups excluding carboxylic acids is 3. The number of hydrogen-bond donors (Lipinski definition) is 1. The van der Waals surface area contributed by atoms with Gasteiger partial charge in [0.2, 0.25) is 0 Å². The van der Waals surface area contributed by atoms with Crippen LogP contribution in [0, 0.1) is 5.41 Å². The molecule has 12 heteroatoms. The Morgan fingerprint density at radius 2 is 1.61 bits per heavy atom. The first-order valence-corrected chi connectivity index (χ1v) is 12.6. The minimum atomic E-state index is -5.13. The van der Waals surface area contributed by atoms with Crippen molar-refractivity contribution in [2.75, 3.05) is 26.4 Å². The zero-order valence-electron chi connectivity index (χ0n) is 19.7. The predicted octanol–water partition coefficient (Wildman–Crippen LogP) is -1.16. The molecule has 2 atom stereocenters. The number of ether oxygens (including phenoxy) is 3. The van der Waals surface area contributed by atoms with E-state index >= 15 is 0 Å². The van der Waals surface area contributed by atoms with E-state index in [1.54, 1.807) is 0 Å². The van der Waals surface area contributed by atoms with Crippen molar-refractivity contribution < 1.29 is 76.2 Å². The molecule has 1 aliphatic rings. The Hall–Kier alpha value is -0.720. The molecule has 1 fully saturated rings. The van der Waals surface area contributed by atoms with Crippen LogP contribution in [0.2, 0.25) is 0 Å². The summed E-state index contributed by atoms with van der Waals surface area (Å²) in [6, 6.07) is 0. The molecule has 33 heavy (non-hydrogen) atoms. The van der Waals surface area contributed by atoms with Crippen molar-refractivity contribution in [2.24, 2.45) is 5.41 Å². The van der Waals surface area contributed by atoms with Crippen LogP contribution in [0.4, 0.5) is 0 Å². The molecule has 0 aromatic rings. The van der Waals surface area contributed by atoms with E-state index in [-0.39, 0.29) is 36.0 Å². The van der Waals surface area contributed by atoms with E-state index in [1.165, 1.54) is 32.1 Å². The number of unbranched alkanes of at least 4 members (excludes halogenated alkanes) is 8. The van der Waals surface area contributed by atoms with Gasteiger partial charge in [0.25, 0.3) is 0 Å². The molecular weight excluding hydrogens is 467 g/mol. The molecule has 2 unspecified atom stereocenters. The van der Waals surface area contributed by atoms with Crippen LogP contribution in [-0.4, -0.2) is 67.7 Å². The van der Waals surface area contributed by atoms with Gasteiger partial charge in [0.05, 0.1) is 18.4 Å². The number of aliphatic hydroxyl groups excluding tert-OH is 1. The second kappa shape index (κ2) is 16.8. The van der Waals surface area contributed by atoms with Crippen LogP contribution < -0.4 is 29.6 Å². The van der Waals surface area contributed by atoms with Gasteiger partial charge in [-0.3, -0.25) is 14.4 Å². The van der Waals surface area contributed by atoms with Crippen LogP contribution >= 0.6 is 0 Å². The van der Waals surface area contributed by atoms with Gasteiger partial charge in [0.15, 0.2) is 5.25 Å². The molecule has 0 aromatic heterocycles. The van der Waals surface area contributed by atoms with Crippen LogP contribution in [0.25, 0.3) is 0 Å². The molecule has 0 bridgehead atoms. The van der Waals surface area contributed by atoms with Gasteiger partial charge in [-0.05, 0) is 6.42 Å². The maximum Gasteiger partial charge on any atom is 1.00 e. The summed E-state index contributed by atoms with van der Waals surface area (Å²) in [6.45, 7) is 0.0817. The Bertz CT molecular complexity index is 712. The summed E-state index contributed by atoms with van der Waals surface area (Å²) in [5.74, 6) is -3.01. The number of esters is 3. The molecule has 1 N–H and O–H groups in total. The van der Waals surface area contributed by atoms with Gasteiger partial charge < -0.3 is 23.9 Å². The van der Waals surface area contributed by atoms with E-state index in [1.807, 2.05) is 0 Å². The minimum Gasteiger partial charge on any atom is -0.747 e. The van der Waals surface area contributed by atoms with Gasteiger partial charge in [-0.1, -0.05) is 58.3 Å². The average Bonchev–Trinajstić information content (AvgIpc) is 2.80. The van der Waals surface area contributed by atoms with Crippen molar-refractivity contribution in [1.29, 1.82) is 0 Å². The molecule has 0 spiro atoms. The van der Waals surface area contributed by atoms with E-state index in [0.717, 1.165) is 19.3 Å². The molecule has 0 aromatic carbocycles. The SMILES string of the molecule is CCCCCCCCCCCC(=O)OCC1(CO)COC(=O)CC(S(=O)(=O)[O-])C(=O)OC1.[Na+]. The molecule has 10 nitrogen and oxygen atoms in total. The smallest absolute Gasteiger partial charge is 0.747 e. The largest absolute Gasteiger partial charge is 1.00 e. The molecule has 1 saturated heterocycles. The molecule has 1 aliphatic heterocycles. The zero-order valence-corrected chi connectivity index (χ0v) is 22.5. The van der Waals surface area contributed by atoms with Crippen LogP contribution in [0.3, 0.4) is 0 Å². The van der Waals surface area contributed by atoms with E-state index in [0.29, 0.717) is 6.42 Å². The molecule has 0 saturated carbocycles. The van der Waals surface area contributed by atoms with E-state index in [2.05, 4.69) is 6.92 Å². The molecule has 0 aliphatic carbocycles. The van der Waals surface area contributed by atoms with E-state index in [4.69, 9.17) is 14.2 Å². The number of aliphatic hydroxyl groups is 1. The second-order valence-electron chi connectivity index (χ2n) is 8.35. The molecular formula is C21H35NaO10S. The Kier molecular flexibility index (Phi) is 16.5. The van der Waals surface area contributed by atoms with Crippen molar-refractivity contribution >= 4 is 28.0 Å². The Balaban J connectivity index is 0.0000102. The van der Waals surface area contributed by atoms with Gasteiger partial charge in [0, 0.05) is 6.42 Å². The number of hydrogen-bond acceptors (Lipinski definition) is 10. The monoisotopic (exact) mass is 502 g/mol. The molecule has 186 valence electrons. The number of carbonyl (C=O) groups is 3. The minimum absolute atomic E-state index is 0. The molecule has 1 heterocycles. The van der Waals surface area contributed by atoms with Crippen LogP contribution in [-0.2, 0) is 38.7 Å². The van der Waals surface area contributed by atoms with Crippen molar-refractivity contribution in [3.63, 3.8) is 0 Å². The Morgan fingerprint density at radius 1 is 1.06 bits per heavy atom. The number of rotatable bonds is 14. The van der Waals surface area contributed by atoms with E-state index < -0.39 is 71.5 Å². The third kappa shape index (κ3) is 13.1. The summed E-state index contributed by atoms with van der Waals surface area (Å²) in [5, 5.41) is 7.53. The first kappa shape index (κ1) is 32.3. The maximum atomic E-state index is 12.0. The average molecular weight is 503 g/mol. The van der Waals surface area contributed by atoms with Crippen molar-refractivity contribution in [1.82, 2.24) is 0 Å². The van der Waals surface area contributed by atoms with Crippen molar-refractivity contribution in [2.45, 2.75) is 82.8 Å². The second-order valence-corrected chi connectivity index (χ2v) is 9.91. The topological polar surface area (TPSA) is 156 Å². The summed E-state index contributed by atoms with van der Waals surface area (Å²) in [5.41, 5.74) is -1.44. The van der Waals surface area contributed by atoms with Crippen molar-refractivity contribution in [3.05, 3.63) is 0 Å². The van der Waals surface area contributed by atoms with Gasteiger partial charge >= 0.3 is 47.5 Å². The number of cyclic esters (lactones) is 2. The third-order valence-corrected chi connectivity index (χ3v) is 6.44. The van der Waals surface area contributed by atoms with Crippen LogP contribution in [0.15, 0.2) is 0 Å². The quantitative estimate of drug-likeness (QED) is 0.101. The van der Waals surface area contributed by atoms with E-state index in [9.17, 15) is 32.5 Å². The fourth-order valence-electron chi connectivity index (χ4n) is 3.21. The van der Waals surface area contributed by atoms with Crippen LogP contribution in [0.5, 0.6) is 0 Å². The van der Waals surface area contributed by atoms with Gasteiger partial charge in [-0.15, -0.1) is 0 Å². The Morgan fingerprint density at radius 3 is 2.15 bits per heavy atom. The summed E-state index contributed by atoms with van der Waals surface area (Å²) < 4.78 is 48.6. The maximum absolute atomic E-state index is 12.0. The van der Waals surface area contributed by atoms with Crippen molar-refractivity contribution in [3.8, 4) is 0 Å². The van der Waals surface area contributed by atoms with Gasteiger partial charge in [0.1, 0.15) is 29.9 Å². The standard InChI is InChI=1S/C21H36O10S.Na/c1-2-3-4-5-6-7-8-9-10-11-18(23)29-14-21(13-22)15-30-19(24)12-17(32(26,27)28)20(25)31-16-21;/h17,22H,2-16H2,1H3,(H,26,27,28);/q;+1/p-1. The summed E-state index contributed by atoms with van der Waals surface area (Å²) in [4.78, 5) is 35.8. The van der Waals surface area contributed by atoms with Gasteiger partial charge in [-0.2, -0.15) is 0 Å². The fraction of sp³-hybridized carbons (Fsp3) is 0.857. The Labute approximate surface area is 218 Å². The molecule has 0 radical (unpaired) electrons. The fourth-order valence-corrected chi connectivity index (χ4v) is 3.86. The third-order valence-electron chi connectivity index (χ3n) is 5.38. The first-order valence-electron chi connectivity index (χ1n) is 11.2. The summed E-state index contributed by atoms with van der Waals surface area (Å²) in [7, 11) is -5.13.